The minimum Gasteiger partial charge on any atom is -0.481 e. The fourth-order valence-electron chi connectivity index (χ4n) is 1.67. The highest BCUT2D eigenvalue weighted by atomic mass is 16.5. The smallest absolute Gasteiger partial charge is 0.306 e. The van der Waals surface area contributed by atoms with Gasteiger partial charge in [-0.2, -0.15) is 0 Å². The van der Waals surface area contributed by atoms with E-state index in [2.05, 4.69) is 13.5 Å². The van der Waals surface area contributed by atoms with Crippen molar-refractivity contribution in [3.63, 3.8) is 0 Å². The second kappa shape index (κ2) is 10.3. The van der Waals surface area contributed by atoms with Gasteiger partial charge in [0.05, 0.1) is 18.6 Å². The van der Waals surface area contributed by atoms with E-state index in [1.807, 2.05) is 0 Å². The highest BCUT2D eigenvalue weighted by molar-refractivity contribution is 5.69. The van der Waals surface area contributed by atoms with E-state index in [1.54, 1.807) is 13.0 Å². The minimum absolute atomic E-state index is 0.204. The molecule has 3 heteroatoms. The number of ether oxygens (including phenoxy) is 1. The zero-order chi connectivity index (χ0) is 13.1. The lowest BCUT2D eigenvalue weighted by Crippen LogP contribution is -2.09. The number of hydrogen-bond acceptors (Lipinski definition) is 2. The molecule has 0 rings (SSSR count). The van der Waals surface area contributed by atoms with Crippen molar-refractivity contribution in [1.82, 2.24) is 0 Å². The lowest BCUT2D eigenvalue weighted by atomic mass is 10.0. The minimum atomic E-state index is -0.684. The van der Waals surface area contributed by atoms with Crippen molar-refractivity contribution < 1.29 is 14.6 Å². The molecule has 0 radical (unpaired) electrons. The van der Waals surface area contributed by atoms with E-state index in [-0.39, 0.29) is 5.92 Å². The quantitative estimate of drug-likeness (QED) is 0.444. The molecule has 0 aliphatic heterocycles. The van der Waals surface area contributed by atoms with Gasteiger partial charge < -0.3 is 9.84 Å². The first-order valence-electron chi connectivity index (χ1n) is 6.53. The summed E-state index contributed by atoms with van der Waals surface area (Å²) in [6.07, 6.45) is 8.37. The lowest BCUT2D eigenvalue weighted by molar-refractivity contribution is -0.141. The van der Waals surface area contributed by atoms with Crippen LogP contribution in [0.3, 0.4) is 0 Å². The van der Waals surface area contributed by atoms with Crippen molar-refractivity contribution in [2.45, 2.75) is 58.5 Å². The van der Waals surface area contributed by atoms with Gasteiger partial charge in [-0.1, -0.05) is 38.7 Å². The fourth-order valence-corrected chi connectivity index (χ4v) is 1.67. The number of aliphatic carboxylic acids is 1. The number of carboxylic acid groups (broad SMARTS) is 1. The van der Waals surface area contributed by atoms with E-state index in [0.717, 1.165) is 38.5 Å². The summed E-state index contributed by atoms with van der Waals surface area (Å²) >= 11 is 0. The molecule has 3 nitrogen and oxygen atoms in total. The zero-order valence-electron chi connectivity index (χ0n) is 11.2. The van der Waals surface area contributed by atoms with E-state index in [4.69, 9.17) is 9.84 Å². The molecule has 0 aromatic rings. The molecule has 17 heavy (non-hydrogen) atoms. The van der Waals surface area contributed by atoms with E-state index < -0.39 is 5.97 Å². The number of carbonyl (C=O) groups is 1. The normalized spacial score (nSPS) is 14.2. The predicted molar refractivity (Wildman–Crippen MR) is 70.1 cm³/mol. The van der Waals surface area contributed by atoms with Crippen molar-refractivity contribution in [2.24, 2.45) is 5.92 Å². The number of unbranched alkanes of at least 4 members (excludes halogenated alkanes) is 3. The number of carboxylic acids is 1. The Hall–Kier alpha value is -0.830. The van der Waals surface area contributed by atoms with E-state index in [9.17, 15) is 4.79 Å². The van der Waals surface area contributed by atoms with Gasteiger partial charge in [0.25, 0.3) is 0 Å². The summed E-state index contributed by atoms with van der Waals surface area (Å²) in [5.41, 5.74) is 0. The molecule has 0 heterocycles. The molecule has 0 saturated carbocycles. The van der Waals surface area contributed by atoms with Gasteiger partial charge in [0.2, 0.25) is 0 Å². The molecule has 100 valence electrons. The summed E-state index contributed by atoms with van der Waals surface area (Å²) < 4.78 is 5.47. The number of rotatable bonds is 11. The summed E-state index contributed by atoms with van der Waals surface area (Å²) in [7, 11) is 0. The van der Waals surface area contributed by atoms with E-state index in [0.29, 0.717) is 12.7 Å². The van der Waals surface area contributed by atoms with Crippen LogP contribution in [-0.4, -0.2) is 23.8 Å². The fraction of sp³-hybridized carbons (Fsp3) is 0.786. The van der Waals surface area contributed by atoms with Crippen molar-refractivity contribution in [3.8, 4) is 0 Å². The van der Waals surface area contributed by atoms with Gasteiger partial charge in [-0.05, 0) is 19.8 Å². The first-order valence-corrected chi connectivity index (χ1v) is 6.53. The second-order valence-corrected chi connectivity index (χ2v) is 4.66. The van der Waals surface area contributed by atoms with Crippen LogP contribution in [0.2, 0.25) is 0 Å². The van der Waals surface area contributed by atoms with Gasteiger partial charge in [-0.3, -0.25) is 4.79 Å². The Kier molecular flexibility index (Phi) is 9.83. The molecule has 0 bridgehead atoms. The van der Waals surface area contributed by atoms with Gasteiger partial charge in [-0.25, -0.2) is 0 Å². The van der Waals surface area contributed by atoms with E-state index >= 15 is 0 Å². The SMILES string of the molecule is C=CCOC(C)CCCCCCC(C)C(=O)O. The molecule has 0 aliphatic rings. The molecular formula is C14H26O3. The predicted octanol–water partition coefficient (Wildman–Crippen LogP) is 3.64. The Morgan fingerprint density at radius 3 is 2.35 bits per heavy atom. The van der Waals surface area contributed by atoms with Gasteiger partial charge in [-0.15, -0.1) is 6.58 Å². The monoisotopic (exact) mass is 242 g/mol. The number of hydrogen-bond donors (Lipinski definition) is 1. The third kappa shape index (κ3) is 10.1. The molecule has 0 aromatic heterocycles. The van der Waals surface area contributed by atoms with Crippen LogP contribution in [-0.2, 0) is 9.53 Å². The third-order valence-corrected chi connectivity index (χ3v) is 2.92. The maximum atomic E-state index is 10.6. The Bertz CT molecular complexity index is 214. The summed E-state index contributed by atoms with van der Waals surface area (Å²) in [5, 5.41) is 8.72. The molecule has 2 atom stereocenters. The van der Waals surface area contributed by atoms with Gasteiger partial charge >= 0.3 is 5.97 Å². The van der Waals surface area contributed by atoms with Gasteiger partial charge in [0.1, 0.15) is 0 Å². The summed E-state index contributed by atoms with van der Waals surface area (Å²) in [6, 6.07) is 0. The van der Waals surface area contributed by atoms with Crippen molar-refractivity contribution in [3.05, 3.63) is 12.7 Å². The van der Waals surface area contributed by atoms with Crippen LogP contribution in [0.5, 0.6) is 0 Å². The van der Waals surface area contributed by atoms with Crippen LogP contribution >= 0.6 is 0 Å². The molecule has 2 unspecified atom stereocenters. The molecule has 0 saturated heterocycles. The topological polar surface area (TPSA) is 46.5 Å². The molecule has 0 aromatic carbocycles. The van der Waals surface area contributed by atoms with Crippen molar-refractivity contribution in [2.75, 3.05) is 6.61 Å². The average Bonchev–Trinajstić information content (AvgIpc) is 2.30. The lowest BCUT2D eigenvalue weighted by Gasteiger charge is -2.11. The second-order valence-electron chi connectivity index (χ2n) is 4.66. The van der Waals surface area contributed by atoms with Gasteiger partial charge in [0.15, 0.2) is 0 Å². The largest absolute Gasteiger partial charge is 0.481 e. The standard InChI is InChI=1S/C14H26O3/c1-4-11-17-13(3)10-8-6-5-7-9-12(2)14(15)16/h4,12-13H,1,5-11H2,2-3H3,(H,15,16). The molecular weight excluding hydrogens is 216 g/mol. The molecule has 0 aliphatic carbocycles. The maximum Gasteiger partial charge on any atom is 0.306 e. The van der Waals surface area contributed by atoms with E-state index in [1.165, 1.54) is 0 Å². The molecule has 0 fully saturated rings. The van der Waals surface area contributed by atoms with Crippen LogP contribution < -0.4 is 0 Å². The van der Waals surface area contributed by atoms with Crippen LogP contribution in [0.4, 0.5) is 0 Å². The van der Waals surface area contributed by atoms with Crippen LogP contribution in [0.15, 0.2) is 12.7 Å². The van der Waals surface area contributed by atoms with Crippen LogP contribution in [0.1, 0.15) is 52.4 Å². The first kappa shape index (κ1) is 16.2. The Balaban J connectivity index is 3.28. The van der Waals surface area contributed by atoms with Crippen LogP contribution in [0, 0.1) is 5.92 Å². The van der Waals surface area contributed by atoms with Gasteiger partial charge in [0, 0.05) is 0 Å². The molecule has 1 N–H and O–H groups in total. The summed E-state index contributed by atoms with van der Waals surface area (Å²) in [5.74, 6) is -0.888. The van der Waals surface area contributed by atoms with Crippen molar-refractivity contribution >= 4 is 5.97 Å². The Morgan fingerprint density at radius 2 is 1.82 bits per heavy atom. The summed E-state index contributed by atoms with van der Waals surface area (Å²) in [6.45, 7) is 8.08. The highest BCUT2D eigenvalue weighted by Gasteiger charge is 2.09. The van der Waals surface area contributed by atoms with Crippen LogP contribution in [0.25, 0.3) is 0 Å². The average molecular weight is 242 g/mol. The third-order valence-electron chi connectivity index (χ3n) is 2.92. The maximum absolute atomic E-state index is 10.6. The molecule has 0 amide bonds. The van der Waals surface area contributed by atoms with Crippen molar-refractivity contribution in [1.29, 1.82) is 0 Å². The first-order chi connectivity index (χ1) is 8.07. The molecule has 0 spiro atoms. The Labute approximate surface area is 105 Å². The zero-order valence-corrected chi connectivity index (χ0v) is 11.2. The Morgan fingerprint density at radius 1 is 1.24 bits per heavy atom. The summed E-state index contributed by atoms with van der Waals surface area (Å²) in [4.78, 5) is 10.6. The highest BCUT2D eigenvalue weighted by Crippen LogP contribution is 2.13.